The highest BCUT2D eigenvalue weighted by Crippen LogP contribution is 2.29. The van der Waals surface area contributed by atoms with E-state index in [1.807, 2.05) is 0 Å². The first-order chi connectivity index (χ1) is 9.01. The molecule has 1 N–H and O–H groups in total. The van der Waals surface area contributed by atoms with Crippen molar-refractivity contribution in [3.8, 4) is 6.07 Å². The minimum absolute atomic E-state index is 0.0714. The highest BCUT2D eigenvalue weighted by Gasteiger charge is 2.12. The Morgan fingerprint density at radius 1 is 1.16 bits per heavy atom. The Balaban J connectivity index is 2.38. The van der Waals surface area contributed by atoms with Gasteiger partial charge in [0.25, 0.3) is 0 Å². The summed E-state index contributed by atoms with van der Waals surface area (Å²) >= 11 is 9.04. The fraction of sp³-hybridized carbons (Fsp3) is 0. The van der Waals surface area contributed by atoms with Gasteiger partial charge in [-0.1, -0.05) is 11.6 Å². The van der Waals surface area contributed by atoms with E-state index in [0.717, 1.165) is 12.1 Å². The third-order valence-corrected chi connectivity index (χ3v) is 3.57. The lowest BCUT2D eigenvalue weighted by molar-refractivity contribution is 0.590. The largest absolute Gasteiger partial charge is 0.351 e. The Morgan fingerprint density at radius 3 is 2.32 bits per heavy atom. The number of anilines is 2. The summed E-state index contributed by atoms with van der Waals surface area (Å²) in [5.41, 5.74) is 0.0878. The average molecular weight is 344 g/mol. The molecule has 0 radical (unpaired) electrons. The number of benzene rings is 2. The van der Waals surface area contributed by atoms with Crippen molar-refractivity contribution in [2.24, 2.45) is 0 Å². The molecule has 2 nitrogen and oxygen atoms in total. The molecule has 19 heavy (non-hydrogen) atoms. The van der Waals surface area contributed by atoms with E-state index < -0.39 is 11.6 Å². The van der Waals surface area contributed by atoms with Crippen molar-refractivity contribution in [2.45, 2.75) is 0 Å². The maximum absolute atomic E-state index is 13.7. The number of hydrogen-bond donors (Lipinski definition) is 1. The Labute approximate surface area is 121 Å². The van der Waals surface area contributed by atoms with E-state index in [4.69, 9.17) is 16.9 Å². The van der Waals surface area contributed by atoms with Crippen molar-refractivity contribution in [2.75, 3.05) is 5.32 Å². The molecule has 0 aliphatic carbocycles. The van der Waals surface area contributed by atoms with Crippen molar-refractivity contribution >= 4 is 38.9 Å². The molecule has 0 aliphatic heterocycles. The summed E-state index contributed by atoms with van der Waals surface area (Å²) in [6.07, 6.45) is 0. The fourth-order valence-electron chi connectivity index (χ4n) is 1.48. The van der Waals surface area contributed by atoms with Gasteiger partial charge in [-0.25, -0.2) is 8.78 Å². The second kappa shape index (κ2) is 5.55. The van der Waals surface area contributed by atoms with Crippen molar-refractivity contribution in [3.63, 3.8) is 0 Å². The van der Waals surface area contributed by atoms with E-state index in [1.165, 1.54) is 0 Å². The van der Waals surface area contributed by atoms with E-state index in [2.05, 4.69) is 21.2 Å². The molecule has 0 aliphatic rings. The molecule has 6 heteroatoms. The molecule has 0 heterocycles. The van der Waals surface area contributed by atoms with Crippen LogP contribution in [0, 0.1) is 23.0 Å². The van der Waals surface area contributed by atoms with Gasteiger partial charge in [0.05, 0.1) is 16.7 Å². The molecule has 0 saturated carbocycles. The van der Waals surface area contributed by atoms with Gasteiger partial charge in [-0.15, -0.1) is 0 Å². The maximum Gasteiger partial charge on any atom is 0.150 e. The van der Waals surface area contributed by atoms with Gasteiger partial charge in [0.15, 0.2) is 11.6 Å². The highest BCUT2D eigenvalue weighted by molar-refractivity contribution is 9.10. The van der Waals surface area contributed by atoms with Gasteiger partial charge >= 0.3 is 0 Å². The van der Waals surface area contributed by atoms with Gasteiger partial charge in [-0.3, -0.25) is 0 Å². The molecule has 0 fully saturated rings. The van der Waals surface area contributed by atoms with Crippen LogP contribution >= 0.6 is 27.5 Å². The molecule has 0 amide bonds. The van der Waals surface area contributed by atoms with Gasteiger partial charge in [0.1, 0.15) is 5.69 Å². The standard InChI is InChI=1S/C13H6BrClF2N2/c14-9-5-8(1-2-10(9)15)19-13-11(16)3-7(6-18)4-12(13)17/h1-5,19H. The first-order valence-corrected chi connectivity index (χ1v) is 6.29. The summed E-state index contributed by atoms with van der Waals surface area (Å²) in [4.78, 5) is 0. The number of nitrogens with one attached hydrogen (secondary N) is 1. The van der Waals surface area contributed by atoms with Crippen LogP contribution in [0.25, 0.3) is 0 Å². The Hall–Kier alpha value is -1.64. The lowest BCUT2D eigenvalue weighted by atomic mass is 10.2. The fourth-order valence-corrected chi connectivity index (χ4v) is 1.97. The lowest BCUT2D eigenvalue weighted by Gasteiger charge is -2.10. The van der Waals surface area contributed by atoms with Gasteiger partial charge in [-0.2, -0.15) is 5.26 Å². The van der Waals surface area contributed by atoms with Crippen LogP contribution in [0.4, 0.5) is 20.2 Å². The minimum atomic E-state index is -0.831. The summed E-state index contributed by atoms with van der Waals surface area (Å²) in [6, 6.07) is 8.40. The number of nitriles is 1. The summed E-state index contributed by atoms with van der Waals surface area (Å²) in [5, 5.41) is 11.7. The normalized spacial score (nSPS) is 10.1. The molecule has 0 aromatic heterocycles. The third kappa shape index (κ3) is 3.03. The molecule has 96 valence electrons. The van der Waals surface area contributed by atoms with E-state index in [9.17, 15) is 8.78 Å². The molecule has 0 unspecified atom stereocenters. The van der Waals surface area contributed by atoms with Gasteiger partial charge in [0, 0.05) is 10.2 Å². The van der Waals surface area contributed by atoms with Crippen LogP contribution in [0.15, 0.2) is 34.8 Å². The lowest BCUT2D eigenvalue weighted by Crippen LogP contribution is -1.98. The summed E-state index contributed by atoms with van der Waals surface area (Å²) < 4.78 is 27.9. The molecule has 2 aromatic rings. The van der Waals surface area contributed by atoms with Crippen LogP contribution in [0.1, 0.15) is 5.56 Å². The Bertz CT molecular complexity index is 660. The predicted molar refractivity (Wildman–Crippen MR) is 73.5 cm³/mol. The van der Waals surface area contributed by atoms with Gasteiger partial charge in [-0.05, 0) is 46.3 Å². The average Bonchev–Trinajstić information content (AvgIpc) is 2.37. The SMILES string of the molecule is N#Cc1cc(F)c(Nc2ccc(Cl)c(Br)c2)c(F)c1. The summed E-state index contributed by atoms with van der Waals surface area (Å²) in [5.74, 6) is -1.66. The van der Waals surface area contributed by atoms with E-state index in [-0.39, 0.29) is 11.3 Å². The molecule has 0 saturated heterocycles. The van der Waals surface area contributed by atoms with Crippen LogP contribution in [-0.2, 0) is 0 Å². The zero-order valence-electron chi connectivity index (χ0n) is 9.35. The minimum Gasteiger partial charge on any atom is -0.351 e. The third-order valence-electron chi connectivity index (χ3n) is 2.36. The maximum atomic E-state index is 13.7. The first kappa shape index (κ1) is 13.8. The predicted octanol–water partition coefficient (Wildman–Crippen LogP) is 5.00. The van der Waals surface area contributed by atoms with Crippen LogP contribution in [-0.4, -0.2) is 0 Å². The van der Waals surface area contributed by atoms with E-state index in [1.54, 1.807) is 24.3 Å². The van der Waals surface area contributed by atoms with Crippen molar-refractivity contribution < 1.29 is 8.78 Å². The molecule has 0 bridgehead atoms. The summed E-state index contributed by atoms with van der Waals surface area (Å²) in [7, 11) is 0. The monoisotopic (exact) mass is 342 g/mol. The zero-order chi connectivity index (χ0) is 14.0. The zero-order valence-corrected chi connectivity index (χ0v) is 11.7. The van der Waals surface area contributed by atoms with Crippen LogP contribution in [0.5, 0.6) is 0 Å². The van der Waals surface area contributed by atoms with Crippen LogP contribution < -0.4 is 5.32 Å². The molecular weight excluding hydrogens is 338 g/mol. The second-order valence-electron chi connectivity index (χ2n) is 3.68. The van der Waals surface area contributed by atoms with Crippen LogP contribution in [0.3, 0.4) is 0 Å². The van der Waals surface area contributed by atoms with E-state index in [0.29, 0.717) is 15.2 Å². The van der Waals surface area contributed by atoms with Gasteiger partial charge < -0.3 is 5.32 Å². The molecule has 2 aromatic carbocycles. The number of nitrogens with zero attached hydrogens (tertiary/aromatic N) is 1. The quantitative estimate of drug-likeness (QED) is 0.833. The molecular formula is C13H6BrClF2N2. The van der Waals surface area contributed by atoms with Crippen molar-refractivity contribution in [3.05, 3.63) is 57.0 Å². The topological polar surface area (TPSA) is 35.8 Å². The van der Waals surface area contributed by atoms with E-state index >= 15 is 0 Å². The number of hydrogen-bond acceptors (Lipinski definition) is 2. The van der Waals surface area contributed by atoms with Crippen molar-refractivity contribution in [1.29, 1.82) is 5.26 Å². The second-order valence-corrected chi connectivity index (χ2v) is 4.94. The highest BCUT2D eigenvalue weighted by atomic mass is 79.9. The molecule has 0 atom stereocenters. The molecule has 0 spiro atoms. The van der Waals surface area contributed by atoms with Crippen LogP contribution in [0.2, 0.25) is 5.02 Å². The smallest absolute Gasteiger partial charge is 0.150 e. The van der Waals surface area contributed by atoms with Crippen molar-refractivity contribution in [1.82, 2.24) is 0 Å². The Kier molecular flexibility index (Phi) is 4.03. The Morgan fingerprint density at radius 2 is 1.79 bits per heavy atom. The number of halogens is 4. The number of rotatable bonds is 2. The summed E-state index contributed by atoms with van der Waals surface area (Å²) in [6.45, 7) is 0. The molecule has 2 rings (SSSR count). The first-order valence-electron chi connectivity index (χ1n) is 5.12. The van der Waals surface area contributed by atoms with Gasteiger partial charge in [0.2, 0.25) is 0 Å².